The number of aliphatic hydroxyl groups excluding tert-OH is 1. The number of carboxylic acid groups (broad SMARTS) is 1. The summed E-state index contributed by atoms with van der Waals surface area (Å²) in [5.74, 6) is 1.19. The van der Waals surface area contributed by atoms with Gasteiger partial charge in [-0.1, -0.05) is 45.7 Å². The minimum absolute atomic E-state index is 0.0436. The lowest BCUT2D eigenvalue weighted by molar-refractivity contribution is -0.138. The molecule has 0 bridgehead atoms. The predicted octanol–water partition coefficient (Wildman–Crippen LogP) is 4.55. The molecule has 2 aromatic rings. The molecule has 0 radical (unpaired) electrons. The minimum Gasteiger partial charge on any atom is -0.481 e. The van der Waals surface area contributed by atoms with Gasteiger partial charge in [-0.15, -0.1) is 0 Å². The summed E-state index contributed by atoms with van der Waals surface area (Å²) < 4.78 is 25.9. The highest BCUT2D eigenvalue weighted by Gasteiger charge is 2.23. The molecule has 6 nitrogen and oxygen atoms in total. The van der Waals surface area contributed by atoms with Gasteiger partial charge in [-0.05, 0) is 41.3 Å². The molecule has 3 N–H and O–H groups in total. The summed E-state index contributed by atoms with van der Waals surface area (Å²) in [6, 6.07) is 7.72. The van der Waals surface area contributed by atoms with Crippen LogP contribution in [0.4, 0.5) is 4.39 Å². The van der Waals surface area contributed by atoms with Crippen LogP contribution in [0.3, 0.4) is 0 Å². The van der Waals surface area contributed by atoms with Gasteiger partial charge in [0.15, 0.2) is 0 Å². The van der Waals surface area contributed by atoms with E-state index in [1.54, 1.807) is 12.1 Å². The van der Waals surface area contributed by atoms with Crippen molar-refractivity contribution in [3.8, 4) is 22.7 Å². The summed E-state index contributed by atoms with van der Waals surface area (Å²) in [6.45, 7) is 7.86. The lowest BCUT2D eigenvalue weighted by Crippen LogP contribution is -2.17. The molecule has 0 amide bonds. The number of aliphatic carboxylic acids is 1. The van der Waals surface area contributed by atoms with Crippen LogP contribution in [0.5, 0.6) is 0 Å². The molecule has 31 heavy (non-hydrogen) atoms. The summed E-state index contributed by atoms with van der Waals surface area (Å²) in [4.78, 5) is 25.6. The molecule has 166 valence electrons. The largest absolute Gasteiger partial charge is 0.481 e. The fraction of sp³-hybridized carbons (Fsp3) is 0.391. The standard InChI is InChI=1S/C23H27FNO5P/c1-14(2)21-12-20(16-5-7-17(24)8-6-16)19(23(25-21)15(3)4)9-10-31(29,30)13-18(26)11-22(27)28/h5-8,12,14-15,18,26H,11,13H2,1-4H3,(H,27,28)(H,29,30). The summed E-state index contributed by atoms with van der Waals surface area (Å²) in [5, 5.41) is 18.5. The van der Waals surface area contributed by atoms with Crippen molar-refractivity contribution in [1.29, 1.82) is 0 Å². The maximum absolute atomic E-state index is 13.5. The number of halogens is 1. The van der Waals surface area contributed by atoms with E-state index in [9.17, 15) is 23.7 Å². The molecule has 0 spiro atoms. The first-order valence-electron chi connectivity index (χ1n) is 9.95. The second kappa shape index (κ2) is 10.2. The summed E-state index contributed by atoms with van der Waals surface area (Å²) in [7, 11) is -4.13. The molecule has 1 heterocycles. The first-order chi connectivity index (χ1) is 14.4. The van der Waals surface area contributed by atoms with E-state index in [1.165, 1.54) is 12.1 Å². The zero-order valence-corrected chi connectivity index (χ0v) is 18.9. The number of aliphatic hydroxyl groups is 1. The number of hydrogen-bond acceptors (Lipinski definition) is 4. The van der Waals surface area contributed by atoms with Crippen molar-refractivity contribution >= 4 is 13.3 Å². The van der Waals surface area contributed by atoms with E-state index in [0.717, 1.165) is 5.69 Å². The van der Waals surface area contributed by atoms with E-state index in [-0.39, 0.29) is 17.7 Å². The number of nitrogens with zero attached hydrogens (tertiary/aromatic N) is 1. The second-order valence-electron chi connectivity index (χ2n) is 8.04. The quantitative estimate of drug-likeness (QED) is 0.425. The van der Waals surface area contributed by atoms with Crippen LogP contribution in [0.25, 0.3) is 11.1 Å². The maximum atomic E-state index is 13.5. The van der Waals surface area contributed by atoms with Gasteiger partial charge in [-0.25, -0.2) is 4.39 Å². The average molecular weight is 447 g/mol. The number of hydrogen-bond donors (Lipinski definition) is 3. The average Bonchev–Trinajstić information content (AvgIpc) is 2.65. The van der Waals surface area contributed by atoms with Crippen molar-refractivity contribution in [2.45, 2.75) is 52.1 Å². The number of pyridine rings is 1. The van der Waals surface area contributed by atoms with Gasteiger partial charge in [0.05, 0.1) is 29.9 Å². The summed E-state index contributed by atoms with van der Waals surface area (Å²) in [5.41, 5.74) is 5.61. The van der Waals surface area contributed by atoms with Crippen molar-refractivity contribution < 1.29 is 28.9 Å². The van der Waals surface area contributed by atoms with Crippen molar-refractivity contribution in [2.24, 2.45) is 0 Å². The monoisotopic (exact) mass is 447 g/mol. The zero-order chi connectivity index (χ0) is 23.3. The van der Waals surface area contributed by atoms with Crippen LogP contribution in [-0.4, -0.2) is 38.3 Å². The lowest BCUT2D eigenvalue weighted by Gasteiger charge is -2.17. The Kier molecular flexibility index (Phi) is 8.14. The number of rotatable bonds is 7. The van der Waals surface area contributed by atoms with E-state index in [0.29, 0.717) is 22.4 Å². The van der Waals surface area contributed by atoms with Gasteiger partial charge in [-0.3, -0.25) is 14.3 Å². The van der Waals surface area contributed by atoms with Gasteiger partial charge in [0.1, 0.15) is 5.82 Å². The van der Waals surface area contributed by atoms with Gasteiger partial charge in [0.25, 0.3) is 7.37 Å². The molecular formula is C23H27FNO5P. The molecule has 1 aromatic carbocycles. The molecular weight excluding hydrogens is 420 g/mol. The Morgan fingerprint density at radius 2 is 1.77 bits per heavy atom. The van der Waals surface area contributed by atoms with E-state index >= 15 is 0 Å². The van der Waals surface area contributed by atoms with Gasteiger partial charge >= 0.3 is 5.97 Å². The van der Waals surface area contributed by atoms with Crippen LogP contribution in [-0.2, 0) is 9.36 Å². The van der Waals surface area contributed by atoms with E-state index < -0.39 is 32.0 Å². The highest BCUT2D eigenvalue weighted by molar-refractivity contribution is 7.63. The van der Waals surface area contributed by atoms with Crippen molar-refractivity contribution in [3.63, 3.8) is 0 Å². The summed E-state index contributed by atoms with van der Waals surface area (Å²) in [6.07, 6.45) is -2.77. The molecule has 1 aromatic heterocycles. The molecule has 2 rings (SSSR count). The van der Waals surface area contributed by atoms with Gasteiger partial charge < -0.3 is 15.1 Å². The van der Waals surface area contributed by atoms with Crippen LogP contribution in [0.15, 0.2) is 30.3 Å². The molecule has 0 aliphatic rings. The fourth-order valence-corrected chi connectivity index (χ4v) is 4.11. The smallest absolute Gasteiger partial charge is 0.305 e. The van der Waals surface area contributed by atoms with Gasteiger partial charge in [0, 0.05) is 11.3 Å². The summed E-state index contributed by atoms with van der Waals surface area (Å²) >= 11 is 0. The van der Waals surface area contributed by atoms with E-state index in [1.807, 2.05) is 33.8 Å². The molecule has 0 fully saturated rings. The third kappa shape index (κ3) is 7.00. The van der Waals surface area contributed by atoms with Gasteiger partial charge in [-0.2, -0.15) is 0 Å². The van der Waals surface area contributed by atoms with Crippen LogP contribution in [0.2, 0.25) is 0 Å². The zero-order valence-electron chi connectivity index (χ0n) is 18.0. The molecule has 2 unspecified atom stereocenters. The normalized spacial score (nSPS) is 14.1. The molecule has 2 atom stereocenters. The third-order valence-corrected chi connectivity index (χ3v) is 5.96. The highest BCUT2D eigenvalue weighted by atomic mass is 31.2. The number of benzene rings is 1. The first kappa shape index (κ1) is 24.7. The number of carbonyl (C=O) groups is 1. The van der Waals surface area contributed by atoms with Crippen LogP contribution < -0.4 is 0 Å². The Hall–Kier alpha value is -2.52. The molecule has 0 aliphatic carbocycles. The Morgan fingerprint density at radius 1 is 1.16 bits per heavy atom. The molecule has 0 aliphatic heterocycles. The van der Waals surface area contributed by atoms with Crippen LogP contribution in [0.1, 0.15) is 62.9 Å². The predicted molar refractivity (Wildman–Crippen MR) is 118 cm³/mol. The Morgan fingerprint density at radius 3 is 2.29 bits per heavy atom. The SMILES string of the molecule is CC(C)c1cc(-c2ccc(F)cc2)c(C#CP(=O)(O)CC(O)CC(=O)O)c(C(C)C)n1. The fourth-order valence-electron chi connectivity index (χ4n) is 3.03. The first-order valence-corrected chi connectivity index (χ1v) is 11.8. The second-order valence-corrected chi connectivity index (χ2v) is 10.0. The van der Waals surface area contributed by atoms with E-state index in [4.69, 9.17) is 10.1 Å². The van der Waals surface area contributed by atoms with E-state index in [2.05, 4.69) is 11.6 Å². The Labute approximate surface area is 181 Å². The minimum atomic E-state index is -4.13. The lowest BCUT2D eigenvalue weighted by atomic mass is 9.92. The Balaban J connectivity index is 2.63. The third-order valence-electron chi connectivity index (χ3n) is 4.58. The molecule has 0 saturated heterocycles. The van der Waals surface area contributed by atoms with Crippen molar-refractivity contribution in [3.05, 3.63) is 53.1 Å². The van der Waals surface area contributed by atoms with Crippen LogP contribution >= 0.6 is 7.37 Å². The highest BCUT2D eigenvalue weighted by Crippen LogP contribution is 2.41. The van der Waals surface area contributed by atoms with Crippen LogP contribution in [0, 0.1) is 17.4 Å². The van der Waals surface area contributed by atoms with Crippen molar-refractivity contribution in [2.75, 3.05) is 6.16 Å². The van der Waals surface area contributed by atoms with Gasteiger partial charge in [0.2, 0.25) is 0 Å². The van der Waals surface area contributed by atoms with Crippen molar-refractivity contribution in [1.82, 2.24) is 4.98 Å². The number of carboxylic acids is 1. The molecule has 8 heteroatoms. The maximum Gasteiger partial charge on any atom is 0.305 e. The topological polar surface area (TPSA) is 108 Å². The Bertz CT molecular complexity index is 1050. The number of aromatic nitrogens is 1. The molecule has 0 saturated carbocycles.